The van der Waals surface area contributed by atoms with E-state index in [0.29, 0.717) is 36.4 Å². The number of halogens is 5. The predicted octanol–water partition coefficient (Wildman–Crippen LogP) is 6.80. The number of alkyl halides is 5. The van der Waals surface area contributed by atoms with Crippen LogP contribution < -0.4 is 0 Å². The van der Waals surface area contributed by atoms with Crippen LogP contribution in [0.4, 0.5) is 13.2 Å². The van der Waals surface area contributed by atoms with Crippen LogP contribution in [0.5, 0.6) is 0 Å². The van der Waals surface area contributed by atoms with Gasteiger partial charge in [0.2, 0.25) is 0 Å². The Bertz CT molecular complexity index is 770. The average molecular weight is 572 g/mol. The third kappa shape index (κ3) is 3.64. The fourth-order valence-electron chi connectivity index (χ4n) is 8.25. The molecule has 1 unspecified atom stereocenters. The number of ketones is 1. The number of carbonyl (C=O) groups excluding carboxylic acids is 2. The SMILES string of the molecule is CC(=O)[C@H]1CC[C@H]2[C@@H]3CCC4C[C@@H](OC(=O)C(F)(F)F)CC(Br)(Br)[C@]4(C)[C@H]3CC[C@]12C. The van der Waals surface area contributed by atoms with Gasteiger partial charge in [0.15, 0.2) is 0 Å². The first kappa shape index (κ1) is 24.0. The lowest BCUT2D eigenvalue weighted by Gasteiger charge is -2.64. The molecule has 0 aromatic carbocycles. The summed E-state index contributed by atoms with van der Waals surface area (Å²) in [5, 5.41) is 0. The average Bonchev–Trinajstić information content (AvgIpc) is 2.99. The van der Waals surface area contributed by atoms with Crippen LogP contribution in [0.2, 0.25) is 0 Å². The Balaban J connectivity index is 1.58. The Morgan fingerprint density at radius 1 is 1.00 bits per heavy atom. The molecule has 4 aliphatic carbocycles. The standard InChI is InChI=1S/C23H31Br2F3O3/c1-12(29)16-6-7-17-15-5-4-13-10-14(31-19(30)23(26,27)28)11-22(24,25)21(13,3)18(15)8-9-20(16,17)2/h13-18H,4-11H2,1-3H3/t13?,14-,15+,16-,17+,18+,20-,21+/m1/s1. The van der Waals surface area contributed by atoms with Crippen LogP contribution in [0.3, 0.4) is 0 Å². The molecule has 4 saturated carbocycles. The fourth-order valence-corrected chi connectivity index (χ4v) is 10.2. The van der Waals surface area contributed by atoms with E-state index in [1.54, 1.807) is 6.92 Å². The summed E-state index contributed by atoms with van der Waals surface area (Å²) in [7, 11) is 0. The van der Waals surface area contributed by atoms with E-state index in [1.165, 1.54) is 0 Å². The second-order valence-corrected chi connectivity index (χ2v) is 14.7. The molecule has 0 aromatic heterocycles. The summed E-state index contributed by atoms with van der Waals surface area (Å²) in [5.74, 6) is 0.00224. The topological polar surface area (TPSA) is 43.4 Å². The van der Waals surface area contributed by atoms with E-state index in [9.17, 15) is 22.8 Å². The van der Waals surface area contributed by atoms with Gasteiger partial charge in [-0.25, -0.2) is 4.79 Å². The molecule has 176 valence electrons. The zero-order chi connectivity index (χ0) is 23.0. The predicted molar refractivity (Wildman–Crippen MR) is 118 cm³/mol. The molecule has 8 atom stereocenters. The number of hydrogen-bond donors (Lipinski definition) is 0. The molecule has 3 nitrogen and oxygen atoms in total. The Labute approximate surface area is 198 Å². The van der Waals surface area contributed by atoms with Gasteiger partial charge in [0.05, 0.1) is 3.23 Å². The maximum absolute atomic E-state index is 12.8. The molecule has 0 amide bonds. The quantitative estimate of drug-likeness (QED) is 0.270. The fraction of sp³-hybridized carbons (Fsp3) is 0.913. The minimum absolute atomic E-state index is 0.0664. The lowest BCUT2D eigenvalue weighted by atomic mass is 9.44. The summed E-state index contributed by atoms with van der Waals surface area (Å²) in [6.45, 7) is 6.30. The molecule has 0 spiro atoms. The molecule has 31 heavy (non-hydrogen) atoms. The van der Waals surface area contributed by atoms with Gasteiger partial charge in [-0.2, -0.15) is 13.2 Å². The molecule has 0 radical (unpaired) electrons. The van der Waals surface area contributed by atoms with E-state index in [4.69, 9.17) is 4.74 Å². The molecule has 4 aliphatic rings. The lowest BCUT2D eigenvalue weighted by Crippen LogP contribution is -2.61. The summed E-state index contributed by atoms with van der Waals surface area (Å²) >= 11 is 7.69. The second-order valence-electron chi connectivity index (χ2n) is 10.9. The zero-order valence-electron chi connectivity index (χ0n) is 18.2. The van der Waals surface area contributed by atoms with Gasteiger partial charge in [-0.3, -0.25) is 4.79 Å². The second kappa shape index (κ2) is 7.71. The van der Waals surface area contributed by atoms with Crippen molar-refractivity contribution in [3.63, 3.8) is 0 Å². The Morgan fingerprint density at radius 2 is 1.68 bits per heavy atom. The van der Waals surface area contributed by atoms with Crippen LogP contribution >= 0.6 is 31.9 Å². The molecule has 0 bridgehead atoms. The van der Waals surface area contributed by atoms with Gasteiger partial charge in [0, 0.05) is 12.3 Å². The molecule has 4 fully saturated rings. The van der Waals surface area contributed by atoms with Crippen LogP contribution in [0.1, 0.15) is 72.1 Å². The number of carbonyl (C=O) groups is 2. The molecule has 0 heterocycles. The molecular formula is C23H31Br2F3O3. The third-order valence-corrected chi connectivity index (χ3v) is 12.1. The van der Waals surface area contributed by atoms with Gasteiger partial charge >= 0.3 is 12.1 Å². The smallest absolute Gasteiger partial charge is 0.456 e. The first-order chi connectivity index (χ1) is 14.2. The highest BCUT2D eigenvalue weighted by Crippen LogP contribution is 2.71. The van der Waals surface area contributed by atoms with E-state index in [2.05, 4.69) is 45.7 Å². The minimum Gasteiger partial charge on any atom is -0.456 e. The van der Waals surface area contributed by atoms with E-state index in [0.717, 1.165) is 38.5 Å². The number of ether oxygens (including phenoxy) is 1. The lowest BCUT2D eigenvalue weighted by molar-refractivity contribution is -0.210. The first-order valence-electron chi connectivity index (χ1n) is 11.4. The molecule has 8 heteroatoms. The van der Waals surface area contributed by atoms with Crippen molar-refractivity contribution in [2.45, 2.75) is 87.7 Å². The summed E-state index contributed by atoms with van der Waals surface area (Å²) in [5.41, 5.74) is -0.0936. The van der Waals surface area contributed by atoms with Crippen LogP contribution in [0, 0.1) is 40.4 Å². The number of Topliss-reactive ketones (excluding diaryl/α,β-unsaturated/α-hetero) is 1. The molecule has 0 N–H and O–H groups in total. The van der Waals surface area contributed by atoms with Gasteiger partial charge in [-0.15, -0.1) is 0 Å². The van der Waals surface area contributed by atoms with Crippen LogP contribution in [-0.2, 0) is 14.3 Å². The number of rotatable bonds is 2. The molecular weight excluding hydrogens is 541 g/mol. The van der Waals surface area contributed by atoms with Crippen molar-refractivity contribution in [2.24, 2.45) is 40.4 Å². The highest BCUT2D eigenvalue weighted by molar-refractivity contribution is 9.25. The van der Waals surface area contributed by atoms with Crippen molar-refractivity contribution in [2.75, 3.05) is 0 Å². The van der Waals surface area contributed by atoms with Crippen molar-refractivity contribution in [1.29, 1.82) is 0 Å². The number of esters is 1. The summed E-state index contributed by atoms with van der Waals surface area (Å²) in [6.07, 6.45) is 1.11. The van der Waals surface area contributed by atoms with Crippen molar-refractivity contribution >= 4 is 43.6 Å². The Hall–Kier alpha value is -0.110. The highest BCUT2D eigenvalue weighted by Gasteiger charge is 2.66. The number of hydrogen-bond acceptors (Lipinski definition) is 3. The van der Waals surface area contributed by atoms with Gasteiger partial charge in [0.25, 0.3) is 0 Å². The van der Waals surface area contributed by atoms with Crippen molar-refractivity contribution in [1.82, 2.24) is 0 Å². The number of fused-ring (bicyclic) bond motifs is 5. The van der Waals surface area contributed by atoms with Crippen molar-refractivity contribution < 1.29 is 27.5 Å². The minimum atomic E-state index is -4.97. The maximum atomic E-state index is 12.8. The molecule has 0 aliphatic heterocycles. The summed E-state index contributed by atoms with van der Waals surface area (Å²) in [4.78, 5) is 23.8. The monoisotopic (exact) mass is 570 g/mol. The van der Waals surface area contributed by atoms with Gasteiger partial charge in [-0.05, 0) is 86.4 Å². The molecule has 4 rings (SSSR count). The third-order valence-electron chi connectivity index (χ3n) is 9.72. The van der Waals surface area contributed by atoms with Crippen LogP contribution in [0.25, 0.3) is 0 Å². The first-order valence-corrected chi connectivity index (χ1v) is 13.0. The van der Waals surface area contributed by atoms with Gasteiger partial charge in [-0.1, -0.05) is 45.7 Å². The molecule has 0 saturated heterocycles. The highest BCUT2D eigenvalue weighted by atomic mass is 79.9. The van der Waals surface area contributed by atoms with E-state index < -0.39 is 21.5 Å². The van der Waals surface area contributed by atoms with E-state index >= 15 is 0 Å². The van der Waals surface area contributed by atoms with E-state index in [1.807, 2.05) is 0 Å². The largest absolute Gasteiger partial charge is 0.490 e. The zero-order valence-corrected chi connectivity index (χ0v) is 21.4. The van der Waals surface area contributed by atoms with Crippen LogP contribution in [0.15, 0.2) is 0 Å². The maximum Gasteiger partial charge on any atom is 0.490 e. The normalized spacial score (nSPS) is 46.5. The molecule has 0 aromatic rings. The van der Waals surface area contributed by atoms with Crippen molar-refractivity contribution in [3.8, 4) is 0 Å². The Kier molecular flexibility index (Phi) is 5.97. The van der Waals surface area contributed by atoms with Crippen LogP contribution in [-0.4, -0.2) is 27.3 Å². The van der Waals surface area contributed by atoms with E-state index in [-0.39, 0.29) is 22.7 Å². The summed E-state index contributed by atoms with van der Waals surface area (Å²) in [6, 6.07) is 0. The van der Waals surface area contributed by atoms with Crippen molar-refractivity contribution in [3.05, 3.63) is 0 Å². The Morgan fingerprint density at radius 3 is 2.29 bits per heavy atom. The van der Waals surface area contributed by atoms with Gasteiger partial charge < -0.3 is 4.74 Å². The summed E-state index contributed by atoms with van der Waals surface area (Å²) < 4.78 is 42.6. The van der Waals surface area contributed by atoms with Gasteiger partial charge in [0.1, 0.15) is 11.9 Å².